The fourth-order valence-corrected chi connectivity index (χ4v) is 1.11. The standard InChI is InChI=1S/C9H6F2N3/c10-9(11)7-2-1-3-8(6-7)14-5-4-12-13-14/h1-3,5-6,9H. The highest BCUT2D eigenvalue weighted by atomic mass is 19.3. The lowest BCUT2D eigenvalue weighted by Gasteiger charge is -2.03. The molecule has 0 fully saturated rings. The predicted octanol–water partition coefficient (Wildman–Crippen LogP) is 2.01. The topological polar surface area (TPSA) is 30.7 Å². The van der Waals surface area contributed by atoms with E-state index in [-0.39, 0.29) is 5.56 Å². The normalized spacial score (nSPS) is 10.8. The summed E-state index contributed by atoms with van der Waals surface area (Å²) in [4.78, 5) is 0. The Kier molecular flexibility index (Phi) is 2.22. The van der Waals surface area contributed by atoms with E-state index in [1.807, 2.05) is 0 Å². The van der Waals surface area contributed by atoms with E-state index in [4.69, 9.17) is 0 Å². The van der Waals surface area contributed by atoms with Crippen molar-refractivity contribution < 1.29 is 8.78 Å². The average molecular weight is 194 g/mol. The van der Waals surface area contributed by atoms with E-state index in [0.717, 1.165) is 0 Å². The van der Waals surface area contributed by atoms with Crippen molar-refractivity contribution in [2.24, 2.45) is 0 Å². The molecule has 5 heteroatoms. The monoisotopic (exact) mass is 194 g/mol. The van der Waals surface area contributed by atoms with E-state index in [1.165, 1.54) is 23.0 Å². The van der Waals surface area contributed by atoms with Crippen LogP contribution < -0.4 is 0 Å². The molecule has 0 saturated carbocycles. The number of hydrogen-bond donors (Lipinski definition) is 0. The molecule has 14 heavy (non-hydrogen) atoms. The highest BCUT2D eigenvalue weighted by Crippen LogP contribution is 2.20. The van der Waals surface area contributed by atoms with Gasteiger partial charge in [0, 0.05) is 5.56 Å². The molecule has 1 aromatic heterocycles. The van der Waals surface area contributed by atoms with Crippen LogP contribution in [0.4, 0.5) is 8.78 Å². The van der Waals surface area contributed by atoms with Crippen LogP contribution in [0.2, 0.25) is 0 Å². The minimum atomic E-state index is -2.47. The van der Waals surface area contributed by atoms with Crippen molar-refractivity contribution in [1.82, 2.24) is 15.0 Å². The number of hydrogen-bond acceptors (Lipinski definition) is 2. The van der Waals surface area contributed by atoms with Crippen molar-refractivity contribution in [3.05, 3.63) is 42.2 Å². The Hall–Kier alpha value is -1.78. The zero-order valence-electron chi connectivity index (χ0n) is 7.06. The van der Waals surface area contributed by atoms with E-state index in [0.29, 0.717) is 5.69 Å². The third-order valence-electron chi connectivity index (χ3n) is 1.77. The van der Waals surface area contributed by atoms with Crippen molar-refractivity contribution in [1.29, 1.82) is 0 Å². The number of benzene rings is 1. The molecule has 2 aromatic rings. The van der Waals surface area contributed by atoms with Crippen molar-refractivity contribution in [2.45, 2.75) is 6.43 Å². The lowest BCUT2D eigenvalue weighted by atomic mass is 10.2. The number of halogens is 2. The Labute approximate surface area is 79.0 Å². The minimum absolute atomic E-state index is 0.0296. The van der Waals surface area contributed by atoms with Gasteiger partial charge in [0.1, 0.15) is 6.20 Å². The van der Waals surface area contributed by atoms with E-state index in [9.17, 15) is 8.78 Å². The van der Waals surface area contributed by atoms with Gasteiger partial charge in [0.2, 0.25) is 0 Å². The van der Waals surface area contributed by atoms with Crippen LogP contribution in [0.1, 0.15) is 12.0 Å². The van der Waals surface area contributed by atoms with Gasteiger partial charge in [0.25, 0.3) is 6.43 Å². The van der Waals surface area contributed by atoms with Gasteiger partial charge in [0.15, 0.2) is 0 Å². The number of alkyl halides is 2. The molecule has 0 aliphatic rings. The zero-order valence-corrected chi connectivity index (χ0v) is 7.06. The second-order valence-electron chi connectivity index (χ2n) is 2.69. The molecule has 71 valence electrons. The van der Waals surface area contributed by atoms with Gasteiger partial charge in [-0.05, 0) is 12.1 Å². The molecule has 1 radical (unpaired) electrons. The van der Waals surface area contributed by atoms with Crippen LogP contribution in [0.3, 0.4) is 0 Å². The first kappa shape index (κ1) is 8.80. The van der Waals surface area contributed by atoms with E-state index in [2.05, 4.69) is 16.5 Å². The van der Waals surface area contributed by atoms with Gasteiger partial charge in [-0.1, -0.05) is 17.3 Å². The zero-order chi connectivity index (χ0) is 9.97. The maximum atomic E-state index is 12.3. The Morgan fingerprint density at radius 2 is 2.21 bits per heavy atom. The highest BCUT2D eigenvalue weighted by Gasteiger charge is 2.07. The summed E-state index contributed by atoms with van der Waals surface area (Å²) in [6.07, 6.45) is 1.50. The van der Waals surface area contributed by atoms with Crippen LogP contribution in [0.5, 0.6) is 0 Å². The second-order valence-corrected chi connectivity index (χ2v) is 2.69. The SMILES string of the molecule is FC(F)c1cccc(-n2c[c]nn2)c1. The Morgan fingerprint density at radius 3 is 2.86 bits per heavy atom. The largest absolute Gasteiger partial charge is 0.263 e. The molecule has 2 rings (SSSR count). The Morgan fingerprint density at radius 1 is 1.36 bits per heavy atom. The summed E-state index contributed by atoms with van der Waals surface area (Å²) in [7, 11) is 0. The van der Waals surface area contributed by atoms with E-state index in [1.54, 1.807) is 12.1 Å². The summed E-state index contributed by atoms with van der Waals surface area (Å²) in [5.41, 5.74) is 0.523. The fraction of sp³-hybridized carbons (Fsp3) is 0.111. The summed E-state index contributed by atoms with van der Waals surface area (Å²) < 4.78 is 26.1. The molecular formula is C9H6F2N3. The summed E-state index contributed by atoms with van der Waals surface area (Å²) in [6.45, 7) is 0. The minimum Gasteiger partial charge on any atom is -0.220 e. The fourth-order valence-electron chi connectivity index (χ4n) is 1.11. The molecule has 0 atom stereocenters. The lowest BCUT2D eigenvalue weighted by molar-refractivity contribution is 0.151. The van der Waals surface area contributed by atoms with Crippen LogP contribution in [0, 0.1) is 6.20 Å². The lowest BCUT2D eigenvalue weighted by Crippen LogP contribution is -1.96. The van der Waals surface area contributed by atoms with Crippen molar-refractivity contribution in [3.63, 3.8) is 0 Å². The molecule has 1 aromatic carbocycles. The highest BCUT2D eigenvalue weighted by molar-refractivity contribution is 5.35. The van der Waals surface area contributed by atoms with Gasteiger partial charge in [-0.2, -0.15) is 0 Å². The van der Waals surface area contributed by atoms with Crippen molar-refractivity contribution >= 4 is 0 Å². The maximum Gasteiger partial charge on any atom is 0.263 e. The molecule has 0 spiro atoms. The molecule has 0 unspecified atom stereocenters. The summed E-state index contributed by atoms with van der Waals surface area (Å²) in [5, 5.41) is 7.13. The molecule has 1 heterocycles. The smallest absolute Gasteiger partial charge is 0.220 e. The van der Waals surface area contributed by atoms with Gasteiger partial charge in [0.05, 0.1) is 11.9 Å². The van der Waals surface area contributed by atoms with Gasteiger partial charge in [-0.3, -0.25) is 0 Å². The van der Waals surface area contributed by atoms with Crippen molar-refractivity contribution in [2.75, 3.05) is 0 Å². The first-order chi connectivity index (χ1) is 6.77. The van der Waals surface area contributed by atoms with Crippen LogP contribution >= 0.6 is 0 Å². The molecule has 0 aliphatic carbocycles. The average Bonchev–Trinajstić information content (AvgIpc) is 2.71. The Balaban J connectivity index is 2.41. The number of aromatic nitrogens is 3. The molecule has 3 nitrogen and oxygen atoms in total. The Bertz CT molecular complexity index is 412. The first-order valence-corrected chi connectivity index (χ1v) is 3.94. The quantitative estimate of drug-likeness (QED) is 0.732. The van der Waals surface area contributed by atoms with E-state index < -0.39 is 6.43 Å². The van der Waals surface area contributed by atoms with Crippen LogP contribution in [0.15, 0.2) is 30.5 Å². The third kappa shape index (κ3) is 1.61. The summed E-state index contributed by atoms with van der Waals surface area (Å²) in [5.74, 6) is 0. The third-order valence-corrected chi connectivity index (χ3v) is 1.77. The number of nitrogens with zero attached hydrogens (tertiary/aromatic N) is 3. The number of rotatable bonds is 2. The molecule has 0 amide bonds. The summed E-state index contributed by atoms with van der Waals surface area (Å²) >= 11 is 0. The van der Waals surface area contributed by atoms with Crippen LogP contribution in [0.25, 0.3) is 5.69 Å². The van der Waals surface area contributed by atoms with Gasteiger partial charge in [-0.15, -0.1) is 5.10 Å². The predicted molar refractivity (Wildman–Crippen MR) is 45.2 cm³/mol. The molecular weight excluding hydrogens is 188 g/mol. The first-order valence-electron chi connectivity index (χ1n) is 3.94. The second kappa shape index (κ2) is 3.53. The van der Waals surface area contributed by atoms with Gasteiger partial charge < -0.3 is 0 Å². The maximum absolute atomic E-state index is 12.3. The molecule has 0 N–H and O–H groups in total. The van der Waals surface area contributed by atoms with Gasteiger partial charge >= 0.3 is 0 Å². The van der Waals surface area contributed by atoms with Gasteiger partial charge in [-0.25, -0.2) is 13.5 Å². The molecule has 0 aliphatic heterocycles. The van der Waals surface area contributed by atoms with Crippen LogP contribution in [-0.4, -0.2) is 15.0 Å². The van der Waals surface area contributed by atoms with E-state index >= 15 is 0 Å². The summed E-state index contributed by atoms with van der Waals surface area (Å²) in [6, 6.07) is 5.97. The molecule has 0 saturated heterocycles. The molecule has 0 bridgehead atoms. The van der Waals surface area contributed by atoms with Crippen LogP contribution in [-0.2, 0) is 0 Å². The van der Waals surface area contributed by atoms with Crippen molar-refractivity contribution in [3.8, 4) is 5.69 Å².